The van der Waals surface area contributed by atoms with E-state index in [-0.39, 0.29) is 9.40 Å². The van der Waals surface area contributed by atoms with Gasteiger partial charge in [-0.05, 0) is 43.4 Å². The van der Waals surface area contributed by atoms with Crippen molar-refractivity contribution in [1.29, 1.82) is 0 Å². The first-order valence-electron chi connectivity index (χ1n) is 8.13. The van der Waals surface area contributed by atoms with E-state index in [9.17, 15) is 17.6 Å². The Morgan fingerprint density at radius 3 is 2.23 bits per heavy atom. The molecule has 1 aromatic heterocycles. The van der Waals surface area contributed by atoms with Gasteiger partial charge in [-0.1, -0.05) is 18.2 Å². The van der Waals surface area contributed by atoms with Gasteiger partial charge in [0.15, 0.2) is 11.6 Å². The molecule has 26 heavy (non-hydrogen) atoms. The summed E-state index contributed by atoms with van der Waals surface area (Å²) >= 11 is 0.809. The van der Waals surface area contributed by atoms with Crippen molar-refractivity contribution in [3.05, 3.63) is 47.5 Å². The average molecular weight is 384 g/mol. The molecule has 1 aliphatic rings. The maximum atomic E-state index is 15.0. The molecule has 4 rings (SSSR count). The minimum absolute atomic E-state index is 0.0459. The number of benzene rings is 2. The smallest absolute Gasteiger partial charge is 0.403 e. The van der Waals surface area contributed by atoms with Gasteiger partial charge in [-0.15, -0.1) is 24.5 Å². The summed E-state index contributed by atoms with van der Waals surface area (Å²) in [6.07, 6.45) is 0.761. The molecular formula is C19H13F5OS. The van der Waals surface area contributed by atoms with Crippen molar-refractivity contribution in [2.75, 3.05) is 0 Å². The molecule has 0 N–H and O–H groups in total. The number of halogens is 5. The first kappa shape index (κ1) is 17.3. The molecule has 0 amide bonds. The fourth-order valence-electron chi connectivity index (χ4n) is 3.35. The lowest BCUT2D eigenvalue weighted by Gasteiger charge is -2.13. The van der Waals surface area contributed by atoms with Gasteiger partial charge < -0.3 is 4.74 Å². The van der Waals surface area contributed by atoms with E-state index in [0.717, 1.165) is 48.7 Å². The second-order valence-electron chi connectivity index (χ2n) is 6.18. The molecule has 0 atom stereocenters. The Morgan fingerprint density at radius 2 is 1.58 bits per heavy atom. The monoisotopic (exact) mass is 384 g/mol. The van der Waals surface area contributed by atoms with Crippen molar-refractivity contribution in [2.24, 2.45) is 0 Å². The number of fused-ring (bicyclic) bond motifs is 3. The summed E-state index contributed by atoms with van der Waals surface area (Å²) in [4.78, 5) is 0. The predicted molar refractivity (Wildman–Crippen MR) is 92.4 cm³/mol. The molecule has 136 valence electrons. The lowest BCUT2D eigenvalue weighted by molar-refractivity contribution is -0.275. The van der Waals surface area contributed by atoms with Crippen molar-refractivity contribution >= 4 is 37.1 Å². The molecule has 0 aliphatic heterocycles. The Bertz CT molecular complexity index is 1030. The minimum atomic E-state index is -4.99. The number of rotatable bonds is 2. The highest BCUT2D eigenvalue weighted by Gasteiger charge is 2.33. The molecule has 1 heterocycles. The topological polar surface area (TPSA) is 9.23 Å². The molecule has 0 spiro atoms. The predicted octanol–water partition coefficient (Wildman–Crippen LogP) is 7.19. The van der Waals surface area contributed by atoms with Gasteiger partial charge in [-0.25, -0.2) is 8.78 Å². The molecule has 3 aromatic rings. The Kier molecular flexibility index (Phi) is 4.14. The summed E-state index contributed by atoms with van der Waals surface area (Å²) in [5.41, 5.74) is 1.41. The number of thiophene rings is 1. The van der Waals surface area contributed by atoms with Crippen molar-refractivity contribution in [3.8, 4) is 5.75 Å². The summed E-state index contributed by atoms with van der Waals surface area (Å²) in [6, 6.07) is 5.62. The molecule has 0 fully saturated rings. The maximum Gasteiger partial charge on any atom is 0.573 e. The number of alkyl halides is 3. The molecular weight excluding hydrogens is 371 g/mol. The summed E-state index contributed by atoms with van der Waals surface area (Å²) < 4.78 is 70.6. The zero-order valence-electron chi connectivity index (χ0n) is 13.4. The fraction of sp³-hybridized carbons (Fsp3) is 0.263. The van der Waals surface area contributed by atoms with Gasteiger partial charge >= 0.3 is 6.36 Å². The Balaban J connectivity index is 1.89. The summed E-state index contributed by atoms with van der Waals surface area (Å²) in [5, 5.41) is 0.861. The van der Waals surface area contributed by atoms with Crippen LogP contribution in [0.1, 0.15) is 31.2 Å². The standard InChI is InChI=1S/C19H13F5OS/c20-15-11(10-4-2-1-3-5-10)6-7-12-13-8-9-14(25-19(22,23)24)16(21)18(13)26-17(12)15/h4,6-9H,1-3,5H2. The van der Waals surface area contributed by atoms with Crippen LogP contribution in [-0.4, -0.2) is 6.36 Å². The molecule has 0 unspecified atom stereocenters. The zero-order chi connectivity index (χ0) is 18.5. The van der Waals surface area contributed by atoms with Crippen molar-refractivity contribution < 1.29 is 26.7 Å². The van der Waals surface area contributed by atoms with Crippen LogP contribution in [0.25, 0.3) is 25.7 Å². The number of allylic oxidation sites excluding steroid dienone is 2. The second kappa shape index (κ2) is 6.23. The van der Waals surface area contributed by atoms with Crippen LogP contribution >= 0.6 is 11.3 Å². The Morgan fingerprint density at radius 1 is 0.885 bits per heavy atom. The maximum absolute atomic E-state index is 15.0. The number of ether oxygens (including phenoxy) is 1. The molecule has 7 heteroatoms. The molecule has 0 radical (unpaired) electrons. The summed E-state index contributed by atoms with van der Waals surface area (Å²) in [6.45, 7) is 0. The van der Waals surface area contributed by atoms with Crippen LogP contribution in [0.3, 0.4) is 0 Å². The zero-order valence-corrected chi connectivity index (χ0v) is 14.2. The van der Waals surface area contributed by atoms with Crippen LogP contribution in [0.15, 0.2) is 30.3 Å². The normalized spacial score (nSPS) is 15.5. The van der Waals surface area contributed by atoms with Crippen molar-refractivity contribution in [3.63, 3.8) is 0 Å². The fourth-order valence-corrected chi connectivity index (χ4v) is 4.52. The highest BCUT2D eigenvalue weighted by atomic mass is 32.1. The molecule has 0 saturated heterocycles. The molecule has 0 bridgehead atoms. The summed E-state index contributed by atoms with van der Waals surface area (Å²) in [5.74, 6) is -2.49. The third kappa shape index (κ3) is 2.94. The van der Waals surface area contributed by atoms with Crippen LogP contribution in [0.2, 0.25) is 0 Å². The van der Waals surface area contributed by atoms with E-state index >= 15 is 4.39 Å². The van der Waals surface area contributed by atoms with Crippen LogP contribution in [0, 0.1) is 11.6 Å². The highest BCUT2D eigenvalue weighted by molar-refractivity contribution is 7.25. The third-order valence-electron chi connectivity index (χ3n) is 4.52. The van der Waals surface area contributed by atoms with E-state index in [1.807, 2.05) is 6.08 Å². The Labute approximate surface area is 149 Å². The van der Waals surface area contributed by atoms with E-state index in [4.69, 9.17) is 0 Å². The molecule has 2 aromatic carbocycles. The molecule has 1 aliphatic carbocycles. The first-order chi connectivity index (χ1) is 12.3. The van der Waals surface area contributed by atoms with Gasteiger partial charge in [0.25, 0.3) is 0 Å². The quantitative estimate of drug-likeness (QED) is 0.425. The first-order valence-corrected chi connectivity index (χ1v) is 8.95. The second-order valence-corrected chi connectivity index (χ2v) is 7.20. The van der Waals surface area contributed by atoms with Gasteiger partial charge in [0.1, 0.15) is 5.82 Å². The van der Waals surface area contributed by atoms with Crippen molar-refractivity contribution in [1.82, 2.24) is 0 Å². The van der Waals surface area contributed by atoms with E-state index in [0.29, 0.717) is 16.3 Å². The molecule has 0 saturated carbocycles. The van der Waals surface area contributed by atoms with Gasteiger partial charge in [0, 0.05) is 16.3 Å². The van der Waals surface area contributed by atoms with E-state index in [1.54, 1.807) is 12.1 Å². The lowest BCUT2D eigenvalue weighted by Crippen LogP contribution is -2.17. The summed E-state index contributed by atoms with van der Waals surface area (Å²) in [7, 11) is 0. The van der Waals surface area contributed by atoms with Crippen LogP contribution in [0.5, 0.6) is 5.75 Å². The average Bonchev–Trinajstić information content (AvgIpc) is 2.98. The van der Waals surface area contributed by atoms with Crippen molar-refractivity contribution in [2.45, 2.75) is 32.0 Å². The minimum Gasteiger partial charge on any atom is -0.403 e. The van der Waals surface area contributed by atoms with Gasteiger partial charge in [0.05, 0.1) is 9.40 Å². The Hall–Kier alpha value is -2.15. The van der Waals surface area contributed by atoms with Gasteiger partial charge in [-0.2, -0.15) is 0 Å². The SMILES string of the molecule is Fc1c(OC(F)(F)F)ccc2c1sc1c(F)c(C3=CCCCC3)ccc12. The van der Waals surface area contributed by atoms with Crippen LogP contribution in [0.4, 0.5) is 22.0 Å². The molecule has 1 nitrogen and oxygen atoms in total. The number of hydrogen-bond acceptors (Lipinski definition) is 2. The lowest BCUT2D eigenvalue weighted by atomic mass is 9.93. The van der Waals surface area contributed by atoms with E-state index < -0.39 is 23.7 Å². The van der Waals surface area contributed by atoms with Crippen LogP contribution in [-0.2, 0) is 0 Å². The van der Waals surface area contributed by atoms with Gasteiger partial charge in [-0.3, -0.25) is 0 Å². The largest absolute Gasteiger partial charge is 0.573 e. The van der Waals surface area contributed by atoms with Crippen LogP contribution < -0.4 is 4.74 Å². The number of hydrogen-bond donors (Lipinski definition) is 0. The van der Waals surface area contributed by atoms with E-state index in [2.05, 4.69) is 4.74 Å². The highest BCUT2D eigenvalue weighted by Crippen LogP contribution is 2.42. The third-order valence-corrected chi connectivity index (χ3v) is 5.72. The van der Waals surface area contributed by atoms with E-state index in [1.165, 1.54) is 6.07 Å². The van der Waals surface area contributed by atoms with Gasteiger partial charge in [0.2, 0.25) is 0 Å².